The lowest BCUT2D eigenvalue weighted by molar-refractivity contribution is 0.175. The molecule has 0 radical (unpaired) electrons. The summed E-state index contributed by atoms with van der Waals surface area (Å²) in [6.07, 6.45) is 3.65. The van der Waals surface area contributed by atoms with Crippen LogP contribution in [0.3, 0.4) is 0 Å². The van der Waals surface area contributed by atoms with Crippen molar-refractivity contribution in [1.82, 2.24) is 14.9 Å². The number of rotatable bonds is 9. The van der Waals surface area contributed by atoms with Gasteiger partial charge in [-0.15, -0.1) is 0 Å². The molecular formula is C15H26N4O2. The summed E-state index contributed by atoms with van der Waals surface area (Å²) in [6, 6.07) is 1.86. The predicted octanol–water partition coefficient (Wildman–Crippen LogP) is 1.92. The van der Waals surface area contributed by atoms with Crippen molar-refractivity contribution in [3.05, 3.63) is 11.9 Å². The summed E-state index contributed by atoms with van der Waals surface area (Å²) in [5.74, 6) is 2.07. The molecule has 1 N–H and O–H groups in total. The first kappa shape index (κ1) is 16.0. The Morgan fingerprint density at radius 2 is 2.10 bits per heavy atom. The third kappa shape index (κ3) is 5.47. The van der Waals surface area contributed by atoms with E-state index in [0.29, 0.717) is 24.9 Å². The summed E-state index contributed by atoms with van der Waals surface area (Å²) >= 11 is 0. The van der Waals surface area contributed by atoms with Crippen LogP contribution in [0.5, 0.6) is 5.88 Å². The molecule has 1 aliphatic heterocycles. The van der Waals surface area contributed by atoms with E-state index in [0.717, 1.165) is 25.3 Å². The number of nitrogens with one attached hydrogen (secondary N) is 1. The highest BCUT2D eigenvalue weighted by Crippen LogP contribution is 2.15. The van der Waals surface area contributed by atoms with Crippen LogP contribution in [0.4, 0.5) is 5.82 Å². The van der Waals surface area contributed by atoms with Gasteiger partial charge in [0.1, 0.15) is 19.0 Å². The lowest BCUT2D eigenvalue weighted by Crippen LogP contribution is -2.25. The molecule has 21 heavy (non-hydrogen) atoms. The van der Waals surface area contributed by atoms with Crippen LogP contribution in [0.1, 0.15) is 32.0 Å². The molecule has 1 fully saturated rings. The molecule has 1 aromatic heterocycles. The van der Waals surface area contributed by atoms with Crippen molar-refractivity contribution < 1.29 is 9.47 Å². The zero-order chi connectivity index (χ0) is 14.9. The summed E-state index contributed by atoms with van der Waals surface area (Å²) < 4.78 is 10.9. The molecule has 0 saturated carbocycles. The maximum Gasteiger partial charge on any atom is 0.218 e. The zero-order valence-electron chi connectivity index (χ0n) is 13.1. The lowest BCUT2D eigenvalue weighted by Gasteiger charge is -2.15. The highest BCUT2D eigenvalue weighted by Gasteiger charge is 2.11. The number of hydrogen-bond donors (Lipinski definition) is 1. The molecule has 0 aliphatic carbocycles. The van der Waals surface area contributed by atoms with E-state index < -0.39 is 0 Å². The number of hydrogen-bond acceptors (Lipinski definition) is 6. The number of methoxy groups -OCH3 is 1. The molecule has 6 heteroatoms. The molecule has 118 valence electrons. The van der Waals surface area contributed by atoms with Crippen LogP contribution in [0.25, 0.3) is 0 Å². The van der Waals surface area contributed by atoms with E-state index in [9.17, 15) is 0 Å². The normalized spacial score (nSPS) is 15.3. The van der Waals surface area contributed by atoms with E-state index in [1.54, 1.807) is 7.11 Å². The fourth-order valence-electron chi connectivity index (χ4n) is 2.37. The van der Waals surface area contributed by atoms with Crippen LogP contribution in [0.2, 0.25) is 0 Å². The minimum absolute atomic E-state index is 0.393. The van der Waals surface area contributed by atoms with Crippen LogP contribution in [-0.2, 0) is 11.3 Å². The van der Waals surface area contributed by atoms with E-state index in [2.05, 4.69) is 27.1 Å². The van der Waals surface area contributed by atoms with Gasteiger partial charge in [-0.3, -0.25) is 4.90 Å². The molecule has 0 amide bonds. The van der Waals surface area contributed by atoms with E-state index in [-0.39, 0.29) is 0 Å². The third-order valence-electron chi connectivity index (χ3n) is 3.43. The number of nitrogens with zero attached hydrogens (tertiary/aromatic N) is 3. The zero-order valence-corrected chi connectivity index (χ0v) is 13.1. The van der Waals surface area contributed by atoms with Crippen LogP contribution in [0.15, 0.2) is 6.07 Å². The van der Waals surface area contributed by atoms with Crippen LogP contribution >= 0.6 is 0 Å². The van der Waals surface area contributed by atoms with Gasteiger partial charge in [0.2, 0.25) is 5.88 Å². The van der Waals surface area contributed by atoms with Gasteiger partial charge in [0.15, 0.2) is 5.82 Å². The van der Waals surface area contributed by atoms with E-state index in [1.165, 1.54) is 25.9 Å². The molecule has 2 heterocycles. The van der Waals surface area contributed by atoms with Crippen molar-refractivity contribution in [2.24, 2.45) is 0 Å². The van der Waals surface area contributed by atoms with Gasteiger partial charge in [-0.25, -0.2) is 4.98 Å². The Labute approximate surface area is 126 Å². The Bertz CT molecular complexity index is 422. The molecule has 0 spiro atoms. The Morgan fingerprint density at radius 1 is 1.29 bits per heavy atom. The van der Waals surface area contributed by atoms with Crippen molar-refractivity contribution in [2.75, 3.05) is 45.2 Å². The van der Waals surface area contributed by atoms with E-state index in [1.807, 2.05) is 6.07 Å². The highest BCUT2D eigenvalue weighted by molar-refractivity contribution is 5.38. The average Bonchev–Trinajstić information content (AvgIpc) is 2.99. The lowest BCUT2D eigenvalue weighted by atomic mass is 10.4. The Morgan fingerprint density at radius 3 is 2.81 bits per heavy atom. The second kappa shape index (κ2) is 8.79. The minimum Gasteiger partial charge on any atom is -0.476 e. The Balaban J connectivity index is 1.90. The maximum atomic E-state index is 5.79. The van der Waals surface area contributed by atoms with Gasteiger partial charge < -0.3 is 14.8 Å². The second-order valence-corrected chi connectivity index (χ2v) is 5.26. The Kier molecular flexibility index (Phi) is 6.69. The number of aromatic nitrogens is 2. The van der Waals surface area contributed by atoms with Crippen molar-refractivity contribution in [1.29, 1.82) is 0 Å². The number of likely N-dealkylation sites (tertiary alicyclic amines) is 1. The fraction of sp³-hybridized carbons (Fsp3) is 0.733. The monoisotopic (exact) mass is 294 g/mol. The van der Waals surface area contributed by atoms with Gasteiger partial charge in [0.25, 0.3) is 0 Å². The van der Waals surface area contributed by atoms with Gasteiger partial charge in [-0.1, -0.05) is 6.92 Å². The number of anilines is 1. The van der Waals surface area contributed by atoms with E-state index >= 15 is 0 Å². The molecule has 0 aromatic carbocycles. The molecule has 1 aliphatic rings. The fourth-order valence-corrected chi connectivity index (χ4v) is 2.37. The van der Waals surface area contributed by atoms with Gasteiger partial charge in [0, 0.05) is 26.3 Å². The van der Waals surface area contributed by atoms with Crippen LogP contribution in [0, 0.1) is 0 Å². The highest BCUT2D eigenvalue weighted by atomic mass is 16.5. The smallest absolute Gasteiger partial charge is 0.218 e. The molecule has 1 saturated heterocycles. The van der Waals surface area contributed by atoms with Gasteiger partial charge in [0.05, 0.1) is 0 Å². The summed E-state index contributed by atoms with van der Waals surface area (Å²) in [6.45, 7) is 7.40. The van der Waals surface area contributed by atoms with Gasteiger partial charge in [-0.05, 0) is 32.4 Å². The molecule has 2 rings (SSSR count). The predicted molar refractivity (Wildman–Crippen MR) is 82.7 cm³/mol. The van der Waals surface area contributed by atoms with Gasteiger partial charge >= 0.3 is 0 Å². The van der Waals surface area contributed by atoms with Crippen molar-refractivity contribution in [2.45, 2.75) is 32.8 Å². The van der Waals surface area contributed by atoms with Crippen molar-refractivity contribution in [3.63, 3.8) is 0 Å². The molecule has 0 unspecified atom stereocenters. The molecular weight excluding hydrogens is 268 g/mol. The Hall–Kier alpha value is -1.40. The van der Waals surface area contributed by atoms with Crippen LogP contribution in [-0.4, -0.2) is 54.8 Å². The first-order chi connectivity index (χ1) is 10.3. The molecule has 6 nitrogen and oxygen atoms in total. The SMILES string of the molecule is CCCNc1cc(OCCN2CCCC2)nc(COC)n1. The second-order valence-electron chi connectivity index (χ2n) is 5.26. The first-order valence-electron chi connectivity index (χ1n) is 7.77. The third-order valence-corrected chi connectivity index (χ3v) is 3.43. The van der Waals surface area contributed by atoms with Crippen molar-refractivity contribution >= 4 is 5.82 Å². The summed E-state index contributed by atoms with van der Waals surface area (Å²) in [5.41, 5.74) is 0. The quantitative estimate of drug-likeness (QED) is 0.751. The largest absolute Gasteiger partial charge is 0.476 e. The topological polar surface area (TPSA) is 59.5 Å². The maximum absolute atomic E-state index is 5.79. The molecule has 0 atom stereocenters. The number of ether oxygens (including phenoxy) is 2. The minimum atomic E-state index is 0.393. The average molecular weight is 294 g/mol. The standard InChI is InChI=1S/C15H26N4O2/c1-3-6-16-13-11-15(18-14(17-13)12-20-2)21-10-9-19-7-4-5-8-19/h11H,3-10,12H2,1-2H3,(H,16,17,18). The molecule has 0 bridgehead atoms. The molecule has 1 aromatic rings. The summed E-state index contributed by atoms with van der Waals surface area (Å²) in [4.78, 5) is 11.2. The summed E-state index contributed by atoms with van der Waals surface area (Å²) in [5, 5.41) is 3.27. The van der Waals surface area contributed by atoms with Crippen molar-refractivity contribution in [3.8, 4) is 5.88 Å². The summed E-state index contributed by atoms with van der Waals surface area (Å²) in [7, 11) is 1.64. The first-order valence-corrected chi connectivity index (χ1v) is 7.77. The van der Waals surface area contributed by atoms with E-state index in [4.69, 9.17) is 9.47 Å². The van der Waals surface area contributed by atoms with Gasteiger partial charge in [-0.2, -0.15) is 4.98 Å². The van der Waals surface area contributed by atoms with Crippen LogP contribution < -0.4 is 10.1 Å².